The molecule has 0 fully saturated rings. The molecule has 3 aromatic rings. The van der Waals surface area contributed by atoms with Crippen molar-refractivity contribution >= 4 is 11.7 Å². The van der Waals surface area contributed by atoms with Crippen molar-refractivity contribution in [3.63, 3.8) is 0 Å². The van der Waals surface area contributed by atoms with Crippen molar-refractivity contribution in [1.29, 1.82) is 0 Å². The number of carboxylic acids is 1. The third-order valence-corrected chi connectivity index (χ3v) is 4.26. The minimum Gasteiger partial charge on any atom is -0.476 e. The van der Waals surface area contributed by atoms with Gasteiger partial charge in [0.15, 0.2) is 5.69 Å². The van der Waals surface area contributed by atoms with E-state index in [9.17, 15) is 14.3 Å². The van der Waals surface area contributed by atoms with E-state index in [-0.39, 0.29) is 12.2 Å². The second-order valence-electron chi connectivity index (χ2n) is 5.74. The Bertz CT molecular complexity index is 1120. The van der Waals surface area contributed by atoms with E-state index in [1.165, 1.54) is 12.4 Å². The van der Waals surface area contributed by atoms with Crippen LogP contribution in [0.15, 0.2) is 53.8 Å². The Kier molecular flexibility index (Phi) is 3.63. The minimum absolute atomic E-state index is 0.0609. The summed E-state index contributed by atoms with van der Waals surface area (Å²) in [5.41, 5.74) is 3.01. The van der Waals surface area contributed by atoms with E-state index < -0.39 is 11.8 Å². The van der Waals surface area contributed by atoms with Crippen molar-refractivity contribution in [2.45, 2.75) is 6.54 Å². The molecule has 5 nitrogen and oxygen atoms in total. The van der Waals surface area contributed by atoms with Crippen molar-refractivity contribution in [2.24, 2.45) is 4.99 Å². The lowest BCUT2D eigenvalue weighted by Gasteiger charge is -2.12. The van der Waals surface area contributed by atoms with Crippen LogP contribution in [0, 0.1) is 18.2 Å². The van der Waals surface area contributed by atoms with Gasteiger partial charge in [-0.25, -0.2) is 14.2 Å². The van der Waals surface area contributed by atoms with Gasteiger partial charge in [-0.05, 0) is 30.3 Å². The maximum atomic E-state index is 14.4. The molecule has 1 aliphatic rings. The van der Waals surface area contributed by atoms with Gasteiger partial charge >= 0.3 is 5.97 Å². The molecule has 0 saturated carbocycles. The summed E-state index contributed by atoms with van der Waals surface area (Å²) in [6.07, 6.45) is 6.95. The summed E-state index contributed by atoms with van der Waals surface area (Å²) < 4.78 is 16.1. The zero-order valence-corrected chi connectivity index (χ0v) is 13.5. The van der Waals surface area contributed by atoms with E-state index in [0.717, 1.165) is 0 Å². The SMILES string of the molecule is C#Cc1ccc2c(c1)C(c1ccccc1F)=NCc1c(C(=O)O)ncn1-2. The molecule has 2 heterocycles. The molecule has 1 N–H and O–H groups in total. The largest absolute Gasteiger partial charge is 0.476 e. The number of aromatic carboxylic acids is 1. The van der Waals surface area contributed by atoms with E-state index in [1.807, 2.05) is 0 Å². The molecule has 1 aliphatic heterocycles. The number of hydrogen-bond donors (Lipinski definition) is 1. The Morgan fingerprint density at radius 1 is 1.23 bits per heavy atom. The summed E-state index contributed by atoms with van der Waals surface area (Å²) in [6.45, 7) is 0.0609. The molecule has 6 heteroatoms. The van der Waals surface area contributed by atoms with Gasteiger partial charge in [0, 0.05) is 16.7 Å². The number of terminal acetylenes is 1. The number of benzene rings is 2. The predicted octanol–water partition coefficient (Wildman–Crippen LogP) is 3.04. The highest BCUT2D eigenvalue weighted by Crippen LogP contribution is 2.28. The van der Waals surface area contributed by atoms with Crippen LogP contribution in [0.3, 0.4) is 0 Å². The molecule has 2 aromatic carbocycles. The molecule has 4 rings (SSSR count). The first-order chi connectivity index (χ1) is 12.6. The number of imidazole rings is 1. The van der Waals surface area contributed by atoms with Gasteiger partial charge in [-0.1, -0.05) is 18.1 Å². The van der Waals surface area contributed by atoms with Crippen LogP contribution in [-0.4, -0.2) is 26.3 Å². The Labute approximate surface area is 148 Å². The van der Waals surface area contributed by atoms with Crippen molar-refractivity contribution in [3.8, 4) is 18.0 Å². The lowest BCUT2D eigenvalue weighted by atomic mass is 9.98. The van der Waals surface area contributed by atoms with E-state index in [4.69, 9.17) is 6.42 Å². The Hall–Kier alpha value is -3.72. The van der Waals surface area contributed by atoms with Gasteiger partial charge in [0.25, 0.3) is 0 Å². The molecule has 0 unspecified atom stereocenters. The molecule has 0 amide bonds. The molecule has 0 spiro atoms. The standard InChI is InChI=1S/C20H12FN3O2/c1-2-12-7-8-16-14(9-12)18(13-5-3-4-6-15(13)21)22-10-17-19(20(25)26)23-11-24(16)17/h1,3-9,11H,10H2,(H,25,26). The highest BCUT2D eigenvalue weighted by molar-refractivity contribution is 6.15. The molecule has 0 saturated heterocycles. The summed E-state index contributed by atoms with van der Waals surface area (Å²) in [6, 6.07) is 11.6. The fourth-order valence-electron chi connectivity index (χ4n) is 3.06. The van der Waals surface area contributed by atoms with Crippen LogP contribution in [0.1, 0.15) is 32.9 Å². The van der Waals surface area contributed by atoms with Gasteiger partial charge in [-0.3, -0.25) is 9.56 Å². The van der Waals surface area contributed by atoms with E-state index in [1.54, 1.807) is 41.0 Å². The van der Waals surface area contributed by atoms with Crippen LogP contribution in [0.2, 0.25) is 0 Å². The third-order valence-electron chi connectivity index (χ3n) is 4.26. The maximum Gasteiger partial charge on any atom is 0.356 e. The van der Waals surface area contributed by atoms with Crippen molar-refractivity contribution < 1.29 is 14.3 Å². The molecular formula is C20H12FN3O2. The van der Waals surface area contributed by atoms with Gasteiger partial charge in [0.1, 0.15) is 12.1 Å². The van der Waals surface area contributed by atoms with E-state index in [2.05, 4.69) is 15.9 Å². The molecule has 0 bridgehead atoms. The number of fused-ring (bicyclic) bond motifs is 3. The Morgan fingerprint density at radius 3 is 2.77 bits per heavy atom. The second-order valence-corrected chi connectivity index (χ2v) is 5.74. The van der Waals surface area contributed by atoms with Crippen LogP contribution in [0.4, 0.5) is 4.39 Å². The fourth-order valence-corrected chi connectivity index (χ4v) is 3.06. The smallest absolute Gasteiger partial charge is 0.356 e. The summed E-state index contributed by atoms with van der Waals surface area (Å²) in [5.74, 6) is 1.02. The van der Waals surface area contributed by atoms with Crippen molar-refractivity contribution in [2.75, 3.05) is 0 Å². The van der Waals surface area contributed by atoms with Crippen LogP contribution in [0.5, 0.6) is 0 Å². The maximum absolute atomic E-state index is 14.4. The average Bonchev–Trinajstić information content (AvgIpc) is 3.00. The van der Waals surface area contributed by atoms with Gasteiger partial charge in [-0.15, -0.1) is 6.42 Å². The lowest BCUT2D eigenvalue weighted by Crippen LogP contribution is -2.09. The molecule has 126 valence electrons. The lowest BCUT2D eigenvalue weighted by molar-refractivity contribution is 0.0689. The molecule has 26 heavy (non-hydrogen) atoms. The number of rotatable bonds is 2. The zero-order chi connectivity index (χ0) is 18.3. The highest BCUT2D eigenvalue weighted by Gasteiger charge is 2.25. The highest BCUT2D eigenvalue weighted by atomic mass is 19.1. The van der Waals surface area contributed by atoms with Gasteiger partial charge < -0.3 is 5.11 Å². The second kappa shape index (κ2) is 5.97. The normalized spacial score (nSPS) is 12.4. The summed E-state index contributed by atoms with van der Waals surface area (Å²) in [5, 5.41) is 9.37. The first-order valence-corrected chi connectivity index (χ1v) is 7.80. The van der Waals surface area contributed by atoms with Crippen LogP contribution >= 0.6 is 0 Å². The topological polar surface area (TPSA) is 67.5 Å². The number of aliphatic imine (C=N–C) groups is 1. The van der Waals surface area contributed by atoms with E-state index >= 15 is 0 Å². The quantitative estimate of drug-likeness (QED) is 0.726. The number of carboxylic acid groups (broad SMARTS) is 1. The van der Waals surface area contributed by atoms with Crippen LogP contribution in [-0.2, 0) is 6.54 Å². The fraction of sp³-hybridized carbons (Fsp3) is 0.0500. The Morgan fingerprint density at radius 2 is 2.04 bits per heavy atom. The van der Waals surface area contributed by atoms with E-state index in [0.29, 0.717) is 33.8 Å². The summed E-state index contributed by atoms with van der Waals surface area (Å²) in [4.78, 5) is 19.9. The zero-order valence-electron chi connectivity index (χ0n) is 13.5. The van der Waals surface area contributed by atoms with Gasteiger partial charge in [-0.2, -0.15) is 0 Å². The molecule has 0 radical (unpaired) electrons. The first kappa shape index (κ1) is 15.8. The Balaban J connectivity index is 2.03. The number of carbonyl (C=O) groups is 1. The number of halogens is 1. The van der Waals surface area contributed by atoms with Crippen molar-refractivity contribution in [3.05, 3.63) is 82.7 Å². The van der Waals surface area contributed by atoms with Gasteiger partial charge in [0.05, 0.1) is 23.6 Å². The number of hydrogen-bond acceptors (Lipinski definition) is 3. The first-order valence-electron chi connectivity index (χ1n) is 7.80. The molecule has 0 atom stereocenters. The number of nitrogens with zero attached hydrogens (tertiary/aromatic N) is 3. The van der Waals surface area contributed by atoms with Crippen LogP contribution in [0.25, 0.3) is 5.69 Å². The summed E-state index contributed by atoms with van der Waals surface area (Å²) in [7, 11) is 0. The molecular weight excluding hydrogens is 333 g/mol. The average molecular weight is 345 g/mol. The minimum atomic E-state index is -1.13. The number of aromatic nitrogens is 2. The van der Waals surface area contributed by atoms with Crippen LogP contribution < -0.4 is 0 Å². The summed E-state index contributed by atoms with van der Waals surface area (Å²) >= 11 is 0. The third kappa shape index (κ3) is 2.38. The van der Waals surface area contributed by atoms with Gasteiger partial charge in [0.2, 0.25) is 0 Å². The predicted molar refractivity (Wildman–Crippen MR) is 94.2 cm³/mol. The monoisotopic (exact) mass is 345 g/mol. The molecule has 1 aromatic heterocycles. The van der Waals surface area contributed by atoms with Crippen molar-refractivity contribution in [1.82, 2.24) is 9.55 Å². The molecule has 0 aliphatic carbocycles.